The molecule has 0 saturated carbocycles. The van der Waals surface area contributed by atoms with Crippen LogP contribution in [0.25, 0.3) is 5.65 Å². The summed E-state index contributed by atoms with van der Waals surface area (Å²) in [6.45, 7) is 0. The Labute approximate surface area is 75.5 Å². The third kappa shape index (κ3) is 1.00. The summed E-state index contributed by atoms with van der Waals surface area (Å²) in [6, 6.07) is 0. The molecule has 0 aliphatic rings. The Hall–Kier alpha value is -1.30. The minimum atomic E-state index is 0.252. The molecule has 0 unspecified atom stereocenters. The van der Waals surface area contributed by atoms with Crippen LogP contribution in [0.5, 0.6) is 0 Å². The first-order chi connectivity index (χ1) is 5.81. The molecule has 2 aromatic rings. The number of carbonyl (C=O) groups is 1. The summed E-state index contributed by atoms with van der Waals surface area (Å²) in [5.41, 5.74) is 0.718. The van der Waals surface area contributed by atoms with Gasteiger partial charge < -0.3 is 0 Å². The van der Waals surface area contributed by atoms with E-state index in [0.717, 1.165) is 4.47 Å². The molecule has 0 spiro atoms. The lowest BCUT2D eigenvalue weighted by atomic mass is 10.5. The molecule has 6 heteroatoms. The number of aldehydes is 1. The van der Waals surface area contributed by atoms with Crippen LogP contribution >= 0.6 is 15.9 Å². The van der Waals surface area contributed by atoms with Crippen molar-refractivity contribution in [2.24, 2.45) is 0 Å². The van der Waals surface area contributed by atoms with Crippen LogP contribution in [0.2, 0.25) is 0 Å². The van der Waals surface area contributed by atoms with Crippen molar-refractivity contribution < 1.29 is 4.79 Å². The molecular weight excluding hydrogens is 224 g/mol. The molecule has 0 aliphatic heterocycles. The largest absolute Gasteiger partial charge is 0.296 e. The number of aromatic nitrogens is 4. The van der Waals surface area contributed by atoms with Gasteiger partial charge in [-0.1, -0.05) is 5.21 Å². The van der Waals surface area contributed by atoms with Gasteiger partial charge >= 0.3 is 0 Å². The molecule has 2 aromatic heterocycles. The Morgan fingerprint density at radius 3 is 3.17 bits per heavy atom. The van der Waals surface area contributed by atoms with E-state index < -0.39 is 0 Å². The maximum absolute atomic E-state index is 10.4. The van der Waals surface area contributed by atoms with Crippen LogP contribution in [0.1, 0.15) is 10.5 Å². The lowest BCUT2D eigenvalue weighted by Crippen LogP contribution is -1.89. The van der Waals surface area contributed by atoms with Crippen molar-refractivity contribution in [2.45, 2.75) is 0 Å². The lowest BCUT2D eigenvalue weighted by molar-refractivity contribution is 0.112. The van der Waals surface area contributed by atoms with Crippen LogP contribution < -0.4 is 0 Å². The molecule has 2 rings (SSSR count). The Morgan fingerprint density at radius 2 is 2.42 bits per heavy atom. The monoisotopic (exact) mass is 226 g/mol. The number of carbonyl (C=O) groups excluding carboxylic acids is 1. The van der Waals surface area contributed by atoms with Gasteiger partial charge in [0, 0.05) is 12.4 Å². The van der Waals surface area contributed by atoms with Crippen LogP contribution in [-0.4, -0.2) is 26.1 Å². The highest BCUT2D eigenvalue weighted by Gasteiger charge is 2.04. The van der Waals surface area contributed by atoms with Crippen molar-refractivity contribution in [3.8, 4) is 0 Å². The van der Waals surface area contributed by atoms with Crippen molar-refractivity contribution in [1.29, 1.82) is 0 Å². The van der Waals surface area contributed by atoms with Gasteiger partial charge in [-0.25, -0.2) is 9.50 Å². The Kier molecular flexibility index (Phi) is 1.61. The molecule has 0 atom stereocenters. The zero-order valence-electron chi connectivity index (χ0n) is 5.81. The average molecular weight is 227 g/mol. The summed E-state index contributed by atoms with van der Waals surface area (Å²) in [6.07, 6.45) is 3.90. The van der Waals surface area contributed by atoms with Gasteiger partial charge in [-0.05, 0) is 15.9 Å². The maximum atomic E-state index is 10.4. The fourth-order valence-corrected chi connectivity index (χ4v) is 1.16. The van der Waals surface area contributed by atoms with Gasteiger partial charge in [0.15, 0.2) is 17.6 Å². The van der Waals surface area contributed by atoms with E-state index >= 15 is 0 Å². The highest BCUT2D eigenvalue weighted by Crippen LogP contribution is 2.08. The number of hydrogen-bond acceptors (Lipinski definition) is 4. The van der Waals surface area contributed by atoms with Gasteiger partial charge in [-0.15, -0.1) is 5.10 Å². The van der Waals surface area contributed by atoms with Crippen LogP contribution in [0.4, 0.5) is 0 Å². The second-order valence-corrected chi connectivity index (χ2v) is 3.05. The predicted molar refractivity (Wildman–Crippen MR) is 43.9 cm³/mol. The van der Waals surface area contributed by atoms with Crippen molar-refractivity contribution in [2.75, 3.05) is 0 Å². The molecule has 0 amide bonds. The fourth-order valence-electron chi connectivity index (χ4n) is 0.862. The third-order valence-electron chi connectivity index (χ3n) is 1.36. The van der Waals surface area contributed by atoms with E-state index in [1.807, 2.05) is 0 Å². The molecule has 60 valence electrons. The summed E-state index contributed by atoms with van der Waals surface area (Å²) < 4.78 is 2.23. The van der Waals surface area contributed by atoms with E-state index in [-0.39, 0.29) is 5.69 Å². The average Bonchev–Trinajstić information content (AvgIpc) is 2.46. The number of nitrogens with zero attached hydrogens (tertiary/aromatic N) is 4. The van der Waals surface area contributed by atoms with Gasteiger partial charge in [0.2, 0.25) is 0 Å². The molecule has 0 aromatic carbocycles. The normalized spacial score (nSPS) is 10.4. The Bertz CT molecular complexity index is 438. The molecule has 0 saturated heterocycles. The van der Waals surface area contributed by atoms with Gasteiger partial charge in [-0.2, -0.15) is 0 Å². The summed E-state index contributed by atoms with van der Waals surface area (Å²) in [7, 11) is 0. The van der Waals surface area contributed by atoms with Gasteiger partial charge in [0.1, 0.15) is 0 Å². The van der Waals surface area contributed by atoms with E-state index in [0.29, 0.717) is 11.9 Å². The molecule has 5 nitrogen and oxygen atoms in total. The molecule has 0 N–H and O–H groups in total. The first-order valence-electron chi connectivity index (χ1n) is 3.13. The lowest BCUT2D eigenvalue weighted by Gasteiger charge is -1.90. The standard InChI is InChI=1S/C6H3BrN4O/c7-4-1-8-6-5(3-12)9-10-11(6)2-4/h1-3H. The molecule has 0 bridgehead atoms. The van der Waals surface area contributed by atoms with Gasteiger partial charge in [0.05, 0.1) is 4.47 Å². The highest BCUT2D eigenvalue weighted by atomic mass is 79.9. The van der Waals surface area contributed by atoms with Crippen LogP contribution in [-0.2, 0) is 0 Å². The van der Waals surface area contributed by atoms with E-state index in [4.69, 9.17) is 0 Å². The van der Waals surface area contributed by atoms with Crippen LogP contribution in [0, 0.1) is 0 Å². The number of hydrogen-bond donors (Lipinski definition) is 0. The zero-order valence-corrected chi connectivity index (χ0v) is 7.39. The maximum Gasteiger partial charge on any atom is 0.186 e. The molecular formula is C6H3BrN4O. The summed E-state index contributed by atoms with van der Waals surface area (Å²) in [5.74, 6) is 0. The quantitative estimate of drug-likeness (QED) is 0.672. The second kappa shape index (κ2) is 2.63. The van der Waals surface area contributed by atoms with Crippen molar-refractivity contribution in [3.05, 3.63) is 22.6 Å². The number of halogens is 1. The number of fused-ring (bicyclic) bond motifs is 1. The molecule has 0 radical (unpaired) electrons. The van der Waals surface area contributed by atoms with Crippen molar-refractivity contribution in [1.82, 2.24) is 19.8 Å². The first-order valence-corrected chi connectivity index (χ1v) is 3.92. The topological polar surface area (TPSA) is 60.2 Å². The summed E-state index contributed by atoms with van der Waals surface area (Å²) >= 11 is 3.22. The second-order valence-electron chi connectivity index (χ2n) is 2.13. The predicted octanol–water partition coefficient (Wildman–Crippen LogP) is 0.699. The van der Waals surface area contributed by atoms with Gasteiger partial charge in [0.25, 0.3) is 0 Å². The van der Waals surface area contributed by atoms with E-state index in [9.17, 15) is 4.79 Å². The summed E-state index contributed by atoms with van der Waals surface area (Å²) in [5, 5.41) is 7.31. The Balaban J connectivity index is 2.81. The smallest absolute Gasteiger partial charge is 0.186 e. The van der Waals surface area contributed by atoms with Crippen molar-refractivity contribution >= 4 is 27.9 Å². The minimum Gasteiger partial charge on any atom is -0.296 e. The molecule has 0 fully saturated rings. The third-order valence-corrected chi connectivity index (χ3v) is 1.77. The Morgan fingerprint density at radius 1 is 1.58 bits per heavy atom. The van der Waals surface area contributed by atoms with Crippen molar-refractivity contribution in [3.63, 3.8) is 0 Å². The fraction of sp³-hybridized carbons (Fsp3) is 0. The van der Waals surface area contributed by atoms with Crippen LogP contribution in [0.3, 0.4) is 0 Å². The molecule has 12 heavy (non-hydrogen) atoms. The first kappa shape index (κ1) is 7.35. The minimum absolute atomic E-state index is 0.252. The SMILES string of the molecule is O=Cc1nnn2cc(Br)cnc12. The van der Waals surface area contributed by atoms with E-state index in [2.05, 4.69) is 31.2 Å². The van der Waals surface area contributed by atoms with E-state index in [1.54, 1.807) is 12.4 Å². The van der Waals surface area contributed by atoms with Gasteiger partial charge in [-0.3, -0.25) is 4.79 Å². The zero-order chi connectivity index (χ0) is 8.55. The van der Waals surface area contributed by atoms with Crippen LogP contribution in [0.15, 0.2) is 16.9 Å². The summed E-state index contributed by atoms with van der Waals surface area (Å²) in [4.78, 5) is 14.4. The molecule has 0 aliphatic carbocycles. The number of rotatable bonds is 1. The molecule has 2 heterocycles. The van der Waals surface area contributed by atoms with E-state index in [1.165, 1.54) is 4.52 Å². The highest BCUT2D eigenvalue weighted by molar-refractivity contribution is 9.10.